The molecule has 1 unspecified atom stereocenters. The quantitative estimate of drug-likeness (QED) is 0.310. The monoisotopic (exact) mass is 346 g/mol. The van der Waals surface area contributed by atoms with Crippen LogP contribution in [-0.4, -0.2) is 25.7 Å². The number of methoxy groups -OCH3 is 1. The Morgan fingerprint density at radius 1 is 1.04 bits per heavy atom. The number of unbranched alkanes of at least 4 members (excludes halogenated alkanes) is 5. The molecule has 0 aliphatic carbocycles. The van der Waals surface area contributed by atoms with E-state index in [-0.39, 0.29) is 18.5 Å². The Hall–Kier alpha value is -2.10. The Labute approximate surface area is 151 Å². The predicted octanol–water partition coefficient (Wildman–Crippen LogP) is 4.79. The lowest BCUT2D eigenvalue weighted by atomic mass is 10.0. The van der Waals surface area contributed by atoms with Gasteiger partial charge >= 0.3 is 11.9 Å². The largest absolute Gasteiger partial charge is 0.468 e. The zero-order chi connectivity index (χ0) is 18.3. The Bertz CT molecular complexity index is 522. The summed E-state index contributed by atoms with van der Waals surface area (Å²) in [4.78, 5) is 23.8. The van der Waals surface area contributed by atoms with Crippen molar-refractivity contribution in [2.24, 2.45) is 0 Å². The van der Waals surface area contributed by atoms with E-state index in [0.717, 1.165) is 31.2 Å². The molecule has 0 saturated carbocycles. The van der Waals surface area contributed by atoms with Gasteiger partial charge in [0.2, 0.25) is 0 Å². The molecular weight excluding hydrogens is 316 g/mol. The van der Waals surface area contributed by atoms with Crippen LogP contribution in [0.15, 0.2) is 42.5 Å². The van der Waals surface area contributed by atoms with Crippen molar-refractivity contribution in [3.63, 3.8) is 0 Å². The summed E-state index contributed by atoms with van der Waals surface area (Å²) in [5.74, 6) is -1.21. The third kappa shape index (κ3) is 9.08. The van der Waals surface area contributed by atoms with Gasteiger partial charge in [-0.3, -0.25) is 9.59 Å². The molecule has 0 aromatic heterocycles. The summed E-state index contributed by atoms with van der Waals surface area (Å²) in [6, 6.07) is 9.25. The summed E-state index contributed by atoms with van der Waals surface area (Å²) >= 11 is 0. The number of carbonyl (C=O) groups is 2. The van der Waals surface area contributed by atoms with Crippen LogP contribution < -0.4 is 0 Å². The van der Waals surface area contributed by atoms with Crippen LogP contribution >= 0.6 is 0 Å². The molecule has 0 fully saturated rings. The highest BCUT2D eigenvalue weighted by atomic mass is 16.5. The molecular formula is C21H30O4. The first-order chi connectivity index (χ1) is 12.2. The second-order valence-electron chi connectivity index (χ2n) is 6.04. The van der Waals surface area contributed by atoms with Gasteiger partial charge in [0.1, 0.15) is 12.5 Å². The Balaban J connectivity index is 2.25. The van der Waals surface area contributed by atoms with Crippen LogP contribution in [0.4, 0.5) is 0 Å². The lowest BCUT2D eigenvalue weighted by Gasteiger charge is -2.15. The van der Waals surface area contributed by atoms with E-state index in [1.54, 1.807) is 0 Å². The van der Waals surface area contributed by atoms with E-state index in [4.69, 9.17) is 9.47 Å². The van der Waals surface area contributed by atoms with Crippen molar-refractivity contribution < 1.29 is 19.1 Å². The Kier molecular flexibility index (Phi) is 11.1. The number of benzene rings is 1. The van der Waals surface area contributed by atoms with Gasteiger partial charge in [0.15, 0.2) is 0 Å². The first-order valence-electron chi connectivity index (χ1n) is 9.08. The van der Waals surface area contributed by atoms with E-state index in [9.17, 15) is 9.59 Å². The van der Waals surface area contributed by atoms with Crippen molar-refractivity contribution in [1.29, 1.82) is 0 Å². The third-order valence-electron chi connectivity index (χ3n) is 4.09. The number of hydrogen-bond donors (Lipinski definition) is 0. The molecule has 4 nitrogen and oxygen atoms in total. The van der Waals surface area contributed by atoms with E-state index in [0.29, 0.717) is 6.42 Å². The van der Waals surface area contributed by atoms with Gasteiger partial charge in [0.05, 0.1) is 7.11 Å². The molecule has 0 radical (unpaired) electrons. The first-order valence-corrected chi connectivity index (χ1v) is 9.08. The van der Waals surface area contributed by atoms with Gasteiger partial charge in [-0.2, -0.15) is 0 Å². The summed E-state index contributed by atoms with van der Waals surface area (Å²) in [6.45, 7) is 2.06. The van der Waals surface area contributed by atoms with Crippen LogP contribution in [0.1, 0.15) is 63.4 Å². The number of rotatable bonds is 12. The number of hydrogen-bond acceptors (Lipinski definition) is 4. The van der Waals surface area contributed by atoms with Crippen LogP contribution in [0.3, 0.4) is 0 Å². The molecule has 0 N–H and O–H groups in total. The zero-order valence-corrected chi connectivity index (χ0v) is 15.4. The zero-order valence-electron chi connectivity index (χ0n) is 15.4. The highest BCUT2D eigenvalue weighted by Crippen LogP contribution is 2.18. The summed E-state index contributed by atoms with van der Waals surface area (Å²) < 4.78 is 10.1. The molecule has 0 bridgehead atoms. The van der Waals surface area contributed by atoms with Crippen molar-refractivity contribution >= 4 is 11.9 Å². The minimum atomic E-state index is -0.568. The fraction of sp³-hybridized carbons (Fsp3) is 0.524. The van der Waals surface area contributed by atoms with Gasteiger partial charge in [0, 0.05) is 6.42 Å². The minimum absolute atomic E-state index is 0.0267. The van der Waals surface area contributed by atoms with E-state index in [2.05, 4.69) is 12.2 Å². The summed E-state index contributed by atoms with van der Waals surface area (Å²) in [5.41, 5.74) is 0.795. The first kappa shape index (κ1) is 20.9. The minimum Gasteiger partial charge on any atom is -0.468 e. The molecule has 0 heterocycles. The second-order valence-corrected chi connectivity index (χ2v) is 6.04. The molecule has 1 aromatic rings. The number of allylic oxidation sites excluding steroid dienone is 2. The summed E-state index contributed by atoms with van der Waals surface area (Å²) in [6.07, 6.45) is 11.2. The average molecular weight is 346 g/mol. The van der Waals surface area contributed by atoms with Gasteiger partial charge < -0.3 is 9.47 Å². The van der Waals surface area contributed by atoms with Gasteiger partial charge in [-0.05, 0) is 31.7 Å². The predicted molar refractivity (Wildman–Crippen MR) is 99.3 cm³/mol. The summed E-state index contributed by atoms with van der Waals surface area (Å²) in [7, 11) is 1.34. The van der Waals surface area contributed by atoms with Crippen LogP contribution in [0.25, 0.3) is 0 Å². The standard InChI is InChI=1S/C21H30O4/c1-3-4-5-6-7-8-9-13-16-20(22)25-17-19(21(23)24-2)18-14-11-10-12-15-18/h3-4,10-12,14-15,19H,5-9,13,16-17H2,1-2H3/b4-3-. The molecule has 1 atom stereocenters. The maximum absolute atomic E-state index is 11.9. The van der Waals surface area contributed by atoms with Crippen LogP contribution in [0, 0.1) is 0 Å². The molecule has 138 valence electrons. The fourth-order valence-electron chi connectivity index (χ4n) is 2.60. The van der Waals surface area contributed by atoms with Gasteiger partial charge in [-0.15, -0.1) is 0 Å². The molecule has 1 rings (SSSR count). The number of ether oxygens (including phenoxy) is 2. The summed E-state index contributed by atoms with van der Waals surface area (Å²) in [5, 5.41) is 0. The van der Waals surface area contributed by atoms with E-state index < -0.39 is 5.92 Å². The maximum Gasteiger partial charge on any atom is 0.316 e. The molecule has 4 heteroatoms. The highest BCUT2D eigenvalue weighted by molar-refractivity contribution is 5.79. The van der Waals surface area contributed by atoms with E-state index in [1.807, 2.05) is 37.3 Å². The Morgan fingerprint density at radius 2 is 1.72 bits per heavy atom. The molecule has 25 heavy (non-hydrogen) atoms. The molecule has 0 amide bonds. The highest BCUT2D eigenvalue weighted by Gasteiger charge is 2.23. The lowest BCUT2D eigenvalue weighted by Crippen LogP contribution is -2.21. The van der Waals surface area contributed by atoms with Crippen LogP contribution in [0.2, 0.25) is 0 Å². The normalized spacial score (nSPS) is 12.1. The number of carbonyl (C=O) groups excluding carboxylic acids is 2. The maximum atomic E-state index is 11.9. The van der Waals surface area contributed by atoms with Crippen molar-refractivity contribution in [1.82, 2.24) is 0 Å². The van der Waals surface area contributed by atoms with Crippen LogP contribution in [0.5, 0.6) is 0 Å². The van der Waals surface area contributed by atoms with Gasteiger partial charge in [-0.1, -0.05) is 61.7 Å². The van der Waals surface area contributed by atoms with Crippen molar-refractivity contribution in [2.45, 2.75) is 57.8 Å². The van der Waals surface area contributed by atoms with Crippen molar-refractivity contribution in [3.8, 4) is 0 Å². The SMILES string of the molecule is C/C=C\CCCCCCCC(=O)OCC(C(=O)OC)c1ccccc1. The average Bonchev–Trinajstić information content (AvgIpc) is 2.64. The Morgan fingerprint density at radius 3 is 2.40 bits per heavy atom. The second kappa shape index (κ2) is 13.2. The topological polar surface area (TPSA) is 52.6 Å². The van der Waals surface area contributed by atoms with Gasteiger partial charge in [0.25, 0.3) is 0 Å². The van der Waals surface area contributed by atoms with Crippen molar-refractivity contribution in [3.05, 3.63) is 48.0 Å². The van der Waals surface area contributed by atoms with Crippen molar-refractivity contribution in [2.75, 3.05) is 13.7 Å². The van der Waals surface area contributed by atoms with E-state index in [1.165, 1.54) is 20.0 Å². The van der Waals surface area contributed by atoms with Gasteiger partial charge in [-0.25, -0.2) is 0 Å². The van der Waals surface area contributed by atoms with E-state index >= 15 is 0 Å². The number of esters is 2. The third-order valence-corrected chi connectivity index (χ3v) is 4.09. The molecule has 1 aromatic carbocycles. The molecule has 0 saturated heterocycles. The smallest absolute Gasteiger partial charge is 0.316 e. The molecule has 0 aliphatic rings. The van der Waals surface area contributed by atoms with Crippen LogP contribution in [-0.2, 0) is 19.1 Å². The molecule has 0 aliphatic heterocycles. The lowest BCUT2D eigenvalue weighted by molar-refractivity contribution is -0.149. The fourth-order valence-corrected chi connectivity index (χ4v) is 2.60. The molecule has 0 spiro atoms.